The van der Waals surface area contributed by atoms with Gasteiger partial charge in [0.1, 0.15) is 5.82 Å². The third-order valence-electron chi connectivity index (χ3n) is 6.05. The van der Waals surface area contributed by atoms with Crippen LogP contribution in [0.15, 0.2) is 55.0 Å². The van der Waals surface area contributed by atoms with Crippen molar-refractivity contribution in [1.29, 1.82) is 0 Å². The molecule has 0 bridgehead atoms. The van der Waals surface area contributed by atoms with Crippen LogP contribution in [0, 0.1) is 5.92 Å². The first-order chi connectivity index (χ1) is 13.3. The molecule has 0 spiro atoms. The van der Waals surface area contributed by atoms with Gasteiger partial charge in [-0.2, -0.15) is 0 Å². The molecule has 0 aliphatic heterocycles. The Morgan fingerprint density at radius 1 is 0.926 bits per heavy atom. The Morgan fingerprint density at radius 2 is 1.74 bits per heavy atom. The van der Waals surface area contributed by atoms with Crippen LogP contribution in [0.2, 0.25) is 0 Å². The van der Waals surface area contributed by atoms with Gasteiger partial charge in [-0.15, -0.1) is 0 Å². The first-order valence-electron chi connectivity index (χ1n) is 10.4. The summed E-state index contributed by atoms with van der Waals surface area (Å²) >= 11 is 0. The number of anilines is 1. The summed E-state index contributed by atoms with van der Waals surface area (Å²) < 4.78 is 0. The summed E-state index contributed by atoms with van der Waals surface area (Å²) in [6.07, 6.45) is 14.4. The number of benzene rings is 1. The molecular formula is C24H29N3. The van der Waals surface area contributed by atoms with Gasteiger partial charge >= 0.3 is 0 Å². The number of fused-ring (bicyclic) bond motifs is 1. The zero-order valence-electron chi connectivity index (χ0n) is 16.2. The summed E-state index contributed by atoms with van der Waals surface area (Å²) in [5.74, 6) is 1.97. The Labute approximate surface area is 162 Å². The molecule has 3 heteroatoms. The standard InChI is InChI=1S/C24H29N3/c1-2-18-10-13-21(14-11-18)27-24-23-8-4-3-7-22(23)20(17-26-24)12-9-19-6-5-15-25-16-19/h3-8,15-18,21H,2,9-14H2,1H3,(H,26,27). The monoisotopic (exact) mass is 359 g/mol. The van der Waals surface area contributed by atoms with E-state index in [1.54, 1.807) is 0 Å². The third-order valence-corrected chi connectivity index (χ3v) is 6.05. The van der Waals surface area contributed by atoms with Gasteiger partial charge in [-0.3, -0.25) is 4.98 Å². The Bertz CT molecular complexity index is 867. The molecule has 2 aromatic heterocycles. The lowest BCUT2D eigenvalue weighted by Crippen LogP contribution is -2.26. The molecule has 27 heavy (non-hydrogen) atoms. The van der Waals surface area contributed by atoms with Crippen molar-refractivity contribution >= 4 is 16.6 Å². The molecule has 2 heterocycles. The number of nitrogens with one attached hydrogen (secondary N) is 1. The van der Waals surface area contributed by atoms with Crippen LogP contribution in [0.3, 0.4) is 0 Å². The van der Waals surface area contributed by atoms with Gasteiger partial charge in [0.25, 0.3) is 0 Å². The first-order valence-corrected chi connectivity index (χ1v) is 10.4. The van der Waals surface area contributed by atoms with E-state index in [1.165, 1.54) is 54.0 Å². The van der Waals surface area contributed by atoms with E-state index < -0.39 is 0 Å². The van der Waals surface area contributed by atoms with Crippen molar-refractivity contribution in [2.24, 2.45) is 5.92 Å². The van der Waals surface area contributed by atoms with Gasteiger partial charge in [0, 0.05) is 30.0 Å². The Morgan fingerprint density at radius 3 is 2.48 bits per heavy atom. The Kier molecular flexibility index (Phi) is 5.66. The number of nitrogens with zero attached hydrogens (tertiary/aromatic N) is 2. The zero-order chi connectivity index (χ0) is 18.5. The average molecular weight is 360 g/mol. The lowest BCUT2D eigenvalue weighted by Gasteiger charge is -2.29. The minimum absolute atomic E-state index is 0.560. The molecule has 0 amide bonds. The minimum atomic E-state index is 0.560. The SMILES string of the molecule is CCC1CCC(Nc2ncc(CCc3cccnc3)c3ccccc23)CC1. The Hall–Kier alpha value is -2.42. The van der Waals surface area contributed by atoms with Gasteiger partial charge in [0.15, 0.2) is 0 Å². The van der Waals surface area contributed by atoms with Gasteiger partial charge in [0.2, 0.25) is 0 Å². The smallest absolute Gasteiger partial charge is 0.134 e. The van der Waals surface area contributed by atoms with E-state index in [1.807, 2.05) is 18.5 Å². The van der Waals surface area contributed by atoms with E-state index in [9.17, 15) is 0 Å². The fourth-order valence-electron chi connectivity index (χ4n) is 4.30. The van der Waals surface area contributed by atoms with Crippen molar-refractivity contribution in [1.82, 2.24) is 9.97 Å². The molecule has 1 aromatic carbocycles. The second kappa shape index (κ2) is 8.51. The van der Waals surface area contributed by atoms with E-state index in [4.69, 9.17) is 4.98 Å². The molecule has 3 nitrogen and oxygen atoms in total. The summed E-state index contributed by atoms with van der Waals surface area (Å²) in [7, 11) is 0. The number of hydrogen-bond acceptors (Lipinski definition) is 3. The predicted octanol–water partition coefficient (Wildman–Crippen LogP) is 5.80. The molecule has 4 rings (SSSR count). The number of aromatic nitrogens is 2. The second-order valence-corrected chi connectivity index (χ2v) is 7.81. The third kappa shape index (κ3) is 4.29. The zero-order valence-corrected chi connectivity index (χ0v) is 16.2. The quantitative estimate of drug-likeness (QED) is 0.605. The lowest BCUT2D eigenvalue weighted by atomic mass is 9.84. The molecule has 140 valence electrons. The molecule has 1 saturated carbocycles. The summed E-state index contributed by atoms with van der Waals surface area (Å²) in [6, 6.07) is 13.4. The van der Waals surface area contributed by atoms with Crippen molar-refractivity contribution in [2.75, 3.05) is 5.32 Å². The average Bonchev–Trinajstić information content (AvgIpc) is 2.74. The number of pyridine rings is 2. The van der Waals surface area contributed by atoms with Gasteiger partial charge in [-0.1, -0.05) is 43.7 Å². The van der Waals surface area contributed by atoms with Gasteiger partial charge in [0.05, 0.1) is 0 Å². The van der Waals surface area contributed by atoms with E-state index in [0.29, 0.717) is 6.04 Å². The highest BCUT2D eigenvalue weighted by Gasteiger charge is 2.20. The van der Waals surface area contributed by atoms with E-state index in [-0.39, 0.29) is 0 Å². The maximum Gasteiger partial charge on any atom is 0.134 e. The fourth-order valence-corrected chi connectivity index (χ4v) is 4.30. The summed E-state index contributed by atoms with van der Waals surface area (Å²) in [5, 5.41) is 6.32. The van der Waals surface area contributed by atoms with Crippen molar-refractivity contribution < 1.29 is 0 Å². The first kappa shape index (κ1) is 18.0. The number of hydrogen-bond donors (Lipinski definition) is 1. The highest BCUT2D eigenvalue weighted by molar-refractivity contribution is 5.94. The lowest BCUT2D eigenvalue weighted by molar-refractivity contribution is 0.330. The molecule has 1 fully saturated rings. The maximum atomic E-state index is 4.83. The minimum Gasteiger partial charge on any atom is -0.367 e. The van der Waals surface area contributed by atoms with Crippen LogP contribution >= 0.6 is 0 Å². The molecule has 1 aliphatic rings. The molecule has 1 aliphatic carbocycles. The van der Waals surface area contributed by atoms with Crippen molar-refractivity contribution in [3.63, 3.8) is 0 Å². The van der Waals surface area contributed by atoms with Gasteiger partial charge < -0.3 is 5.32 Å². The van der Waals surface area contributed by atoms with Gasteiger partial charge in [-0.25, -0.2) is 4.98 Å². The fraction of sp³-hybridized carbons (Fsp3) is 0.417. The van der Waals surface area contributed by atoms with E-state index in [2.05, 4.69) is 53.8 Å². The molecule has 0 unspecified atom stereocenters. The van der Waals surface area contributed by atoms with E-state index in [0.717, 1.165) is 24.6 Å². The summed E-state index contributed by atoms with van der Waals surface area (Å²) in [5.41, 5.74) is 2.59. The summed E-state index contributed by atoms with van der Waals surface area (Å²) in [4.78, 5) is 9.05. The van der Waals surface area contributed by atoms with Crippen LogP contribution in [0.4, 0.5) is 5.82 Å². The number of aryl methyl sites for hydroxylation is 2. The highest BCUT2D eigenvalue weighted by atomic mass is 15.0. The number of rotatable bonds is 6. The molecule has 0 atom stereocenters. The van der Waals surface area contributed by atoms with Crippen molar-refractivity contribution in [2.45, 2.75) is 57.9 Å². The molecule has 1 N–H and O–H groups in total. The van der Waals surface area contributed by atoms with E-state index >= 15 is 0 Å². The van der Waals surface area contributed by atoms with Gasteiger partial charge in [-0.05, 0) is 67.0 Å². The highest BCUT2D eigenvalue weighted by Crippen LogP contribution is 2.31. The van der Waals surface area contributed by atoms with Crippen molar-refractivity contribution in [3.05, 3.63) is 66.1 Å². The molecule has 0 radical (unpaired) electrons. The molecule has 3 aromatic rings. The second-order valence-electron chi connectivity index (χ2n) is 7.81. The van der Waals surface area contributed by atoms with Crippen LogP contribution in [0.1, 0.15) is 50.2 Å². The predicted molar refractivity (Wildman–Crippen MR) is 113 cm³/mol. The largest absolute Gasteiger partial charge is 0.367 e. The summed E-state index contributed by atoms with van der Waals surface area (Å²) in [6.45, 7) is 2.32. The van der Waals surface area contributed by atoms with Crippen LogP contribution in [-0.2, 0) is 12.8 Å². The topological polar surface area (TPSA) is 37.8 Å². The molecular weight excluding hydrogens is 330 g/mol. The molecule has 0 saturated heterocycles. The normalized spacial score (nSPS) is 19.9. The van der Waals surface area contributed by atoms with Crippen LogP contribution in [-0.4, -0.2) is 16.0 Å². The van der Waals surface area contributed by atoms with Crippen LogP contribution in [0.5, 0.6) is 0 Å². The van der Waals surface area contributed by atoms with Crippen LogP contribution in [0.25, 0.3) is 10.8 Å². The van der Waals surface area contributed by atoms with Crippen LogP contribution < -0.4 is 5.32 Å². The Balaban J connectivity index is 1.52. The maximum absolute atomic E-state index is 4.83. The van der Waals surface area contributed by atoms with Crippen molar-refractivity contribution in [3.8, 4) is 0 Å².